The van der Waals surface area contributed by atoms with Crippen LogP contribution in [0.25, 0.3) is 0 Å². The largest absolute Gasteiger partial charge is 0.366 e. The summed E-state index contributed by atoms with van der Waals surface area (Å²) in [6.45, 7) is 3.23. The van der Waals surface area contributed by atoms with E-state index in [9.17, 15) is 4.79 Å². The van der Waals surface area contributed by atoms with Gasteiger partial charge in [0.15, 0.2) is 0 Å². The lowest BCUT2D eigenvalue weighted by molar-refractivity contribution is -0.114. The summed E-state index contributed by atoms with van der Waals surface area (Å²) in [7, 11) is 0. The molecule has 0 spiro atoms. The second-order valence-corrected chi connectivity index (χ2v) is 1.42. The van der Waals surface area contributed by atoms with Crippen LogP contribution in [0.4, 0.5) is 0 Å². The normalized spacial score (nSPS) is 9.38. The monoisotopic (exact) mass is 115 g/mol. The van der Waals surface area contributed by atoms with Crippen molar-refractivity contribution in [1.82, 2.24) is 0 Å². The van der Waals surface area contributed by atoms with E-state index in [1.54, 1.807) is 0 Å². The van der Waals surface area contributed by atoms with E-state index in [-0.39, 0.29) is 5.57 Å². The number of carbonyl (C=O) groups excluding carboxylic acids is 1. The molecule has 46 valence electrons. The standard InChI is InChI=1S/C4H9N3O/c1-2(3(5)6)4(7)8/h3H,1,5-6H2,(H2,7,8). The topological polar surface area (TPSA) is 95.1 Å². The van der Waals surface area contributed by atoms with Crippen LogP contribution in [0, 0.1) is 0 Å². The van der Waals surface area contributed by atoms with Crippen LogP contribution in [0.15, 0.2) is 12.2 Å². The van der Waals surface area contributed by atoms with Gasteiger partial charge in [0, 0.05) is 5.57 Å². The SMILES string of the molecule is C=C(C(N)=O)C(N)N. The number of hydrogen-bond donors (Lipinski definition) is 3. The van der Waals surface area contributed by atoms with Gasteiger partial charge in [-0.05, 0) is 0 Å². The van der Waals surface area contributed by atoms with E-state index in [0.29, 0.717) is 0 Å². The number of amides is 1. The number of carbonyl (C=O) groups is 1. The van der Waals surface area contributed by atoms with Gasteiger partial charge in [-0.15, -0.1) is 0 Å². The Balaban J connectivity index is 3.84. The highest BCUT2D eigenvalue weighted by Gasteiger charge is 2.04. The fourth-order valence-electron chi connectivity index (χ4n) is 0.164. The van der Waals surface area contributed by atoms with E-state index in [1.807, 2.05) is 0 Å². The predicted molar refractivity (Wildman–Crippen MR) is 30.5 cm³/mol. The summed E-state index contributed by atoms with van der Waals surface area (Å²) in [5, 5.41) is 0. The number of hydrogen-bond acceptors (Lipinski definition) is 3. The lowest BCUT2D eigenvalue weighted by Crippen LogP contribution is -2.37. The zero-order chi connectivity index (χ0) is 6.73. The molecule has 0 atom stereocenters. The summed E-state index contributed by atoms with van der Waals surface area (Å²) in [5.41, 5.74) is 14.8. The highest BCUT2D eigenvalue weighted by Crippen LogP contribution is 1.85. The first kappa shape index (κ1) is 7.13. The van der Waals surface area contributed by atoms with E-state index >= 15 is 0 Å². The van der Waals surface area contributed by atoms with Crippen LogP contribution in [0.3, 0.4) is 0 Å². The first-order valence-electron chi connectivity index (χ1n) is 2.05. The molecular formula is C4H9N3O. The second kappa shape index (κ2) is 2.44. The Hall–Kier alpha value is -0.870. The highest BCUT2D eigenvalue weighted by molar-refractivity contribution is 5.92. The summed E-state index contributed by atoms with van der Waals surface area (Å²) in [6.07, 6.45) is -0.826. The van der Waals surface area contributed by atoms with E-state index in [4.69, 9.17) is 17.2 Å². The van der Waals surface area contributed by atoms with Crippen LogP contribution in [0.1, 0.15) is 0 Å². The summed E-state index contributed by atoms with van der Waals surface area (Å²) >= 11 is 0. The van der Waals surface area contributed by atoms with E-state index in [0.717, 1.165) is 0 Å². The minimum absolute atomic E-state index is 0.0463. The number of primary amides is 1. The van der Waals surface area contributed by atoms with E-state index in [2.05, 4.69) is 6.58 Å². The molecule has 0 aromatic heterocycles. The fraction of sp³-hybridized carbons (Fsp3) is 0.250. The Morgan fingerprint density at radius 2 is 1.88 bits per heavy atom. The molecule has 0 fully saturated rings. The first-order valence-corrected chi connectivity index (χ1v) is 2.05. The summed E-state index contributed by atoms with van der Waals surface area (Å²) < 4.78 is 0. The molecule has 0 aliphatic carbocycles. The molecule has 0 aromatic carbocycles. The molecule has 0 bridgehead atoms. The van der Waals surface area contributed by atoms with Gasteiger partial charge in [-0.25, -0.2) is 0 Å². The van der Waals surface area contributed by atoms with E-state index < -0.39 is 12.1 Å². The zero-order valence-electron chi connectivity index (χ0n) is 4.42. The third-order valence-corrected chi connectivity index (χ3v) is 0.719. The van der Waals surface area contributed by atoms with Gasteiger partial charge in [-0.1, -0.05) is 6.58 Å². The highest BCUT2D eigenvalue weighted by atomic mass is 16.1. The predicted octanol–water partition coefficient (Wildman–Crippen LogP) is -1.73. The third kappa shape index (κ3) is 1.72. The molecule has 0 radical (unpaired) electrons. The third-order valence-electron chi connectivity index (χ3n) is 0.719. The summed E-state index contributed by atoms with van der Waals surface area (Å²) in [4.78, 5) is 10.1. The van der Waals surface area contributed by atoms with Gasteiger partial charge in [0.25, 0.3) is 0 Å². The van der Waals surface area contributed by atoms with Crippen LogP contribution < -0.4 is 17.2 Å². The number of rotatable bonds is 2. The van der Waals surface area contributed by atoms with Crippen LogP contribution in [0.5, 0.6) is 0 Å². The molecule has 6 N–H and O–H groups in total. The molecule has 4 heteroatoms. The Labute approximate surface area is 47.3 Å². The van der Waals surface area contributed by atoms with Crippen molar-refractivity contribution in [2.45, 2.75) is 6.17 Å². The molecule has 0 saturated heterocycles. The van der Waals surface area contributed by atoms with Gasteiger partial charge in [-0.2, -0.15) is 0 Å². The molecule has 4 nitrogen and oxygen atoms in total. The zero-order valence-corrected chi connectivity index (χ0v) is 4.42. The molecule has 0 aliphatic rings. The molecule has 0 rings (SSSR count). The van der Waals surface area contributed by atoms with Crippen molar-refractivity contribution in [3.8, 4) is 0 Å². The van der Waals surface area contributed by atoms with Crippen molar-refractivity contribution in [3.63, 3.8) is 0 Å². The average Bonchev–Trinajstić information content (AvgIpc) is 1.64. The fourth-order valence-corrected chi connectivity index (χ4v) is 0.164. The van der Waals surface area contributed by atoms with E-state index in [1.165, 1.54) is 0 Å². The van der Waals surface area contributed by atoms with Crippen molar-refractivity contribution < 1.29 is 4.79 Å². The smallest absolute Gasteiger partial charge is 0.246 e. The van der Waals surface area contributed by atoms with Crippen LogP contribution in [-0.4, -0.2) is 12.1 Å². The Morgan fingerprint density at radius 3 is 1.88 bits per heavy atom. The molecule has 0 aliphatic heterocycles. The Kier molecular flexibility index (Phi) is 2.18. The van der Waals surface area contributed by atoms with Crippen LogP contribution in [-0.2, 0) is 4.79 Å². The Bertz CT molecular complexity index is 118. The quantitative estimate of drug-likeness (QED) is 0.295. The second-order valence-electron chi connectivity index (χ2n) is 1.42. The molecule has 0 saturated carbocycles. The molecule has 0 heterocycles. The van der Waals surface area contributed by atoms with Gasteiger partial charge in [0.1, 0.15) is 0 Å². The molecule has 8 heavy (non-hydrogen) atoms. The van der Waals surface area contributed by atoms with Crippen LogP contribution in [0.2, 0.25) is 0 Å². The summed E-state index contributed by atoms with van der Waals surface area (Å²) in [5.74, 6) is -0.653. The van der Waals surface area contributed by atoms with Gasteiger partial charge in [0.2, 0.25) is 5.91 Å². The maximum atomic E-state index is 10.1. The Morgan fingerprint density at radius 1 is 1.50 bits per heavy atom. The molecular weight excluding hydrogens is 106 g/mol. The number of nitrogens with two attached hydrogens (primary N) is 3. The van der Waals surface area contributed by atoms with Crippen molar-refractivity contribution >= 4 is 5.91 Å². The maximum absolute atomic E-state index is 10.1. The van der Waals surface area contributed by atoms with Crippen molar-refractivity contribution in [2.75, 3.05) is 0 Å². The minimum atomic E-state index is -0.826. The van der Waals surface area contributed by atoms with Crippen LogP contribution >= 0.6 is 0 Å². The van der Waals surface area contributed by atoms with Gasteiger partial charge >= 0.3 is 0 Å². The van der Waals surface area contributed by atoms with Gasteiger partial charge < -0.3 is 17.2 Å². The average molecular weight is 115 g/mol. The van der Waals surface area contributed by atoms with Crippen molar-refractivity contribution in [2.24, 2.45) is 17.2 Å². The molecule has 0 aromatic rings. The van der Waals surface area contributed by atoms with Crippen molar-refractivity contribution in [1.29, 1.82) is 0 Å². The first-order chi connectivity index (χ1) is 3.55. The van der Waals surface area contributed by atoms with Gasteiger partial charge in [-0.3, -0.25) is 4.79 Å². The van der Waals surface area contributed by atoms with Gasteiger partial charge in [0.05, 0.1) is 6.17 Å². The minimum Gasteiger partial charge on any atom is -0.366 e. The lowest BCUT2D eigenvalue weighted by Gasteiger charge is -2.02. The van der Waals surface area contributed by atoms with Crippen molar-refractivity contribution in [3.05, 3.63) is 12.2 Å². The summed E-state index contributed by atoms with van der Waals surface area (Å²) in [6, 6.07) is 0. The lowest BCUT2D eigenvalue weighted by atomic mass is 10.2. The molecule has 1 amide bonds. The molecule has 0 unspecified atom stereocenters. The maximum Gasteiger partial charge on any atom is 0.246 e.